The van der Waals surface area contributed by atoms with Crippen molar-refractivity contribution >= 4 is 27.7 Å². The van der Waals surface area contributed by atoms with E-state index in [4.69, 9.17) is 0 Å². The van der Waals surface area contributed by atoms with Crippen LogP contribution in [0.3, 0.4) is 0 Å². The molecule has 0 spiro atoms. The molecule has 10 heteroatoms. The van der Waals surface area contributed by atoms with Crippen LogP contribution in [0, 0.1) is 11.3 Å². The number of nitrogens with zero attached hydrogens (tertiary/aromatic N) is 3. The third kappa shape index (κ3) is 4.47. The summed E-state index contributed by atoms with van der Waals surface area (Å²) >= 11 is 0. The Bertz CT molecular complexity index is 1120. The van der Waals surface area contributed by atoms with Gasteiger partial charge in [-0.15, -0.1) is 0 Å². The van der Waals surface area contributed by atoms with Gasteiger partial charge in [0, 0.05) is 12.1 Å². The molecular weight excluding hydrogens is 444 g/mol. The molecule has 2 atom stereocenters. The van der Waals surface area contributed by atoms with E-state index in [0.717, 1.165) is 37.0 Å². The Morgan fingerprint density at radius 3 is 2.58 bits per heavy atom. The number of urea groups is 1. The van der Waals surface area contributed by atoms with Gasteiger partial charge in [-0.2, -0.15) is 5.26 Å². The standard InChI is InChI=1S/C23H28N4O5S/c1-23(17-7-5-6-16(12-17)13-24)21(29)26(22(30)25-23)14-20(28)27(18-8-3-2-4-9-18)19-10-11-33(31,32)15-19/h5-7,12,18-19H,2-4,8-11,14-15H2,1H3,(H,25,30). The second-order valence-electron chi connectivity index (χ2n) is 9.29. The Labute approximate surface area is 193 Å². The Morgan fingerprint density at radius 1 is 1.21 bits per heavy atom. The highest BCUT2D eigenvalue weighted by Crippen LogP contribution is 2.31. The van der Waals surface area contributed by atoms with E-state index in [1.807, 2.05) is 6.07 Å². The van der Waals surface area contributed by atoms with Gasteiger partial charge in [0.05, 0.1) is 23.1 Å². The normalized spacial score (nSPS) is 27.3. The number of nitriles is 1. The molecule has 2 heterocycles. The lowest BCUT2D eigenvalue weighted by Gasteiger charge is -2.38. The van der Waals surface area contributed by atoms with Crippen molar-refractivity contribution in [2.24, 2.45) is 0 Å². The van der Waals surface area contributed by atoms with Crippen molar-refractivity contribution in [1.82, 2.24) is 15.1 Å². The first-order valence-corrected chi connectivity index (χ1v) is 13.1. The molecule has 33 heavy (non-hydrogen) atoms. The summed E-state index contributed by atoms with van der Waals surface area (Å²) in [6.45, 7) is 1.11. The van der Waals surface area contributed by atoms with E-state index >= 15 is 0 Å². The third-order valence-corrected chi connectivity index (χ3v) is 8.75. The molecule has 9 nitrogen and oxygen atoms in total. The predicted octanol–water partition coefficient (Wildman–Crippen LogP) is 1.67. The van der Waals surface area contributed by atoms with E-state index in [-0.39, 0.29) is 17.5 Å². The van der Waals surface area contributed by atoms with Crippen LogP contribution in [0.15, 0.2) is 24.3 Å². The number of carbonyl (C=O) groups is 3. The van der Waals surface area contributed by atoms with E-state index in [9.17, 15) is 28.1 Å². The lowest BCUT2D eigenvalue weighted by molar-refractivity contribution is -0.142. The lowest BCUT2D eigenvalue weighted by Crippen LogP contribution is -2.53. The van der Waals surface area contributed by atoms with Gasteiger partial charge in [-0.05, 0) is 43.9 Å². The highest BCUT2D eigenvalue weighted by molar-refractivity contribution is 7.91. The number of benzene rings is 1. The molecule has 2 saturated heterocycles. The zero-order chi connectivity index (χ0) is 23.8. The lowest BCUT2D eigenvalue weighted by atomic mass is 9.91. The molecule has 0 bridgehead atoms. The number of imide groups is 1. The van der Waals surface area contributed by atoms with Crippen molar-refractivity contribution < 1.29 is 22.8 Å². The molecule has 176 valence electrons. The molecule has 3 fully saturated rings. The monoisotopic (exact) mass is 472 g/mol. The van der Waals surface area contributed by atoms with E-state index < -0.39 is 45.8 Å². The average molecular weight is 473 g/mol. The van der Waals surface area contributed by atoms with E-state index in [1.54, 1.807) is 36.1 Å². The maximum atomic E-state index is 13.4. The van der Waals surface area contributed by atoms with E-state index in [2.05, 4.69) is 5.32 Å². The summed E-state index contributed by atoms with van der Waals surface area (Å²) in [6.07, 6.45) is 4.97. The molecule has 1 aliphatic carbocycles. The minimum Gasteiger partial charge on any atom is -0.334 e. The van der Waals surface area contributed by atoms with Gasteiger partial charge in [-0.25, -0.2) is 13.2 Å². The zero-order valence-corrected chi connectivity index (χ0v) is 19.4. The van der Waals surface area contributed by atoms with Crippen LogP contribution in [0.5, 0.6) is 0 Å². The maximum Gasteiger partial charge on any atom is 0.325 e. The Kier molecular flexibility index (Phi) is 6.18. The summed E-state index contributed by atoms with van der Waals surface area (Å²) < 4.78 is 24.2. The SMILES string of the molecule is CC1(c2cccc(C#N)c2)NC(=O)N(CC(=O)N(C2CCCCC2)C2CCS(=O)(=O)C2)C1=O. The summed E-state index contributed by atoms with van der Waals surface area (Å²) in [5.41, 5.74) is -0.576. The fourth-order valence-corrected chi connectivity index (χ4v) is 6.92. The Hall–Kier alpha value is -2.93. The van der Waals surface area contributed by atoms with Crippen LogP contribution in [0.1, 0.15) is 56.6 Å². The van der Waals surface area contributed by atoms with Crippen LogP contribution in [0.2, 0.25) is 0 Å². The van der Waals surface area contributed by atoms with Gasteiger partial charge in [0.1, 0.15) is 12.1 Å². The first kappa shape index (κ1) is 23.2. The van der Waals surface area contributed by atoms with Crippen molar-refractivity contribution in [3.05, 3.63) is 35.4 Å². The van der Waals surface area contributed by atoms with Gasteiger partial charge in [-0.3, -0.25) is 14.5 Å². The molecule has 2 unspecified atom stereocenters. The quantitative estimate of drug-likeness (QED) is 0.650. The first-order chi connectivity index (χ1) is 15.6. The minimum absolute atomic E-state index is 0.0462. The topological polar surface area (TPSA) is 128 Å². The fourth-order valence-electron chi connectivity index (χ4n) is 5.21. The highest BCUT2D eigenvalue weighted by atomic mass is 32.2. The number of amides is 4. The summed E-state index contributed by atoms with van der Waals surface area (Å²) in [5, 5.41) is 11.8. The molecule has 4 amide bonds. The summed E-state index contributed by atoms with van der Waals surface area (Å²) in [5.74, 6) is -1.00. The third-order valence-electron chi connectivity index (χ3n) is 7.00. The molecule has 0 aromatic heterocycles. The van der Waals surface area contributed by atoms with Crippen LogP contribution in [0.25, 0.3) is 0 Å². The van der Waals surface area contributed by atoms with Crippen LogP contribution in [-0.4, -0.2) is 66.2 Å². The van der Waals surface area contributed by atoms with Crippen molar-refractivity contribution in [2.45, 2.75) is 63.1 Å². The number of hydrogen-bond acceptors (Lipinski definition) is 6. The summed E-state index contributed by atoms with van der Waals surface area (Å²) in [4.78, 5) is 42.0. The molecule has 1 aromatic carbocycles. The van der Waals surface area contributed by atoms with Crippen LogP contribution < -0.4 is 5.32 Å². The molecule has 1 saturated carbocycles. The summed E-state index contributed by atoms with van der Waals surface area (Å²) in [6, 6.07) is 7.27. The van der Waals surface area contributed by atoms with Gasteiger partial charge in [-0.1, -0.05) is 31.4 Å². The highest BCUT2D eigenvalue weighted by Gasteiger charge is 2.50. The molecule has 0 radical (unpaired) electrons. The predicted molar refractivity (Wildman–Crippen MR) is 120 cm³/mol. The fraction of sp³-hybridized carbons (Fsp3) is 0.565. The molecular formula is C23H28N4O5S. The van der Waals surface area contributed by atoms with Crippen molar-refractivity contribution in [2.75, 3.05) is 18.1 Å². The number of rotatable bonds is 5. The number of carbonyl (C=O) groups excluding carboxylic acids is 3. The van der Waals surface area contributed by atoms with Gasteiger partial charge in [0.2, 0.25) is 5.91 Å². The molecule has 1 aromatic rings. The van der Waals surface area contributed by atoms with Crippen molar-refractivity contribution in [3.8, 4) is 6.07 Å². The van der Waals surface area contributed by atoms with Crippen LogP contribution in [-0.2, 0) is 25.0 Å². The number of sulfone groups is 1. The average Bonchev–Trinajstić information content (AvgIpc) is 3.26. The molecule has 2 aliphatic heterocycles. The smallest absolute Gasteiger partial charge is 0.325 e. The van der Waals surface area contributed by atoms with Gasteiger partial charge in [0.25, 0.3) is 5.91 Å². The van der Waals surface area contributed by atoms with Crippen LogP contribution >= 0.6 is 0 Å². The molecule has 1 N–H and O–H groups in total. The Balaban J connectivity index is 1.57. The minimum atomic E-state index is -3.20. The molecule has 4 rings (SSSR count). The first-order valence-electron chi connectivity index (χ1n) is 11.3. The van der Waals surface area contributed by atoms with E-state index in [1.165, 1.54) is 0 Å². The number of hydrogen-bond donors (Lipinski definition) is 1. The van der Waals surface area contributed by atoms with Gasteiger partial charge >= 0.3 is 6.03 Å². The summed E-state index contributed by atoms with van der Waals surface area (Å²) in [7, 11) is -3.20. The second-order valence-corrected chi connectivity index (χ2v) is 11.5. The second kappa shape index (κ2) is 8.78. The largest absolute Gasteiger partial charge is 0.334 e. The van der Waals surface area contributed by atoms with E-state index in [0.29, 0.717) is 17.5 Å². The molecule has 3 aliphatic rings. The van der Waals surface area contributed by atoms with Gasteiger partial charge in [0.15, 0.2) is 9.84 Å². The van der Waals surface area contributed by atoms with Crippen molar-refractivity contribution in [1.29, 1.82) is 5.26 Å². The van der Waals surface area contributed by atoms with Crippen LogP contribution in [0.4, 0.5) is 4.79 Å². The van der Waals surface area contributed by atoms with Crippen molar-refractivity contribution in [3.63, 3.8) is 0 Å². The number of nitrogens with one attached hydrogen (secondary N) is 1. The zero-order valence-electron chi connectivity index (χ0n) is 18.6. The Morgan fingerprint density at radius 2 is 1.94 bits per heavy atom. The maximum absolute atomic E-state index is 13.4. The van der Waals surface area contributed by atoms with Gasteiger partial charge < -0.3 is 10.2 Å².